The Bertz CT molecular complexity index is 361. The maximum absolute atomic E-state index is 12.7. The molecule has 0 bridgehead atoms. The first-order valence-electron chi connectivity index (χ1n) is 4.52. The van der Waals surface area contributed by atoms with Crippen LogP contribution in [0.4, 0.5) is 4.39 Å². The summed E-state index contributed by atoms with van der Waals surface area (Å²) in [4.78, 5) is 14.8. The van der Waals surface area contributed by atoms with Gasteiger partial charge in [-0.05, 0) is 26.0 Å². The fraction of sp³-hybridized carbons (Fsp3) is 0.400. The number of hydrogen-bond acceptors (Lipinski definition) is 3. The number of amides is 1. The molecule has 0 spiro atoms. The Balaban J connectivity index is 2.62. The lowest BCUT2D eigenvalue weighted by Crippen LogP contribution is -2.38. The molecule has 0 unspecified atom stereocenters. The molecule has 1 aromatic rings. The van der Waals surface area contributed by atoms with Crippen molar-refractivity contribution in [2.45, 2.75) is 19.4 Å². The van der Waals surface area contributed by atoms with Crippen LogP contribution >= 0.6 is 0 Å². The molecule has 0 aliphatic rings. The Morgan fingerprint density at radius 1 is 1.60 bits per heavy atom. The number of carbonyl (C=O) groups excluding carboxylic acids is 1. The van der Waals surface area contributed by atoms with Crippen molar-refractivity contribution in [1.29, 1.82) is 0 Å². The van der Waals surface area contributed by atoms with Gasteiger partial charge >= 0.3 is 0 Å². The van der Waals surface area contributed by atoms with Gasteiger partial charge < -0.3 is 10.4 Å². The standard InChI is InChI=1S/C10H13FN2O2/c1-10(2,15)6-12-9(14)7-4-3-5-8(11)13-7/h3-5,15H,6H2,1-2H3,(H,12,14). The number of nitrogens with one attached hydrogen (secondary N) is 1. The van der Waals surface area contributed by atoms with Crippen molar-refractivity contribution < 1.29 is 14.3 Å². The highest BCUT2D eigenvalue weighted by atomic mass is 19.1. The molecule has 1 rings (SSSR count). The number of hydrogen-bond donors (Lipinski definition) is 2. The topological polar surface area (TPSA) is 62.2 Å². The molecule has 0 aromatic carbocycles. The van der Waals surface area contributed by atoms with E-state index in [0.29, 0.717) is 0 Å². The van der Waals surface area contributed by atoms with Crippen LogP contribution in [0.5, 0.6) is 0 Å². The predicted octanol–water partition coefficient (Wildman–Crippen LogP) is 0.721. The Hall–Kier alpha value is -1.49. The summed E-state index contributed by atoms with van der Waals surface area (Å²) in [6.45, 7) is 3.21. The highest BCUT2D eigenvalue weighted by molar-refractivity contribution is 5.92. The second kappa shape index (κ2) is 4.35. The van der Waals surface area contributed by atoms with E-state index >= 15 is 0 Å². The van der Waals surface area contributed by atoms with Crippen molar-refractivity contribution >= 4 is 5.91 Å². The SMILES string of the molecule is CC(C)(O)CNC(=O)c1cccc(F)n1. The number of pyridine rings is 1. The minimum Gasteiger partial charge on any atom is -0.389 e. The number of halogens is 1. The third-order valence-corrected chi connectivity index (χ3v) is 1.63. The molecule has 0 aliphatic heterocycles. The van der Waals surface area contributed by atoms with Crippen LogP contribution in [0.1, 0.15) is 24.3 Å². The van der Waals surface area contributed by atoms with Gasteiger partial charge in [-0.1, -0.05) is 6.07 Å². The summed E-state index contributed by atoms with van der Waals surface area (Å²) in [6, 6.07) is 3.97. The monoisotopic (exact) mass is 212 g/mol. The number of nitrogens with zero attached hydrogens (tertiary/aromatic N) is 1. The molecule has 2 N–H and O–H groups in total. The molecule has 0 atom stereocenters. The zero-order chi connectivity index (χ0) is 11.5. The van der Waals surface area contributed by atoms with E-state index < -0.39 is 17.5 Å². The normalized spacial score (nSPS) is 11.2. The predicted molar refractivity (Wildman–Crippen MR) is 52.8 cm³/mol. The van der Waals surface area contributed by atoms with Gasteiger partial charge in [0.25, 0.3) is 5.91 Å². The third kappa shape index (κ3) is 4.03. The molecule has 0 saturated carbocycles. The zero-order valence-corrected chi connectivity index (χ0v) is 8.62. The fourth-order valence-corrected chi connectivity index (χ4v) is 0.922. The van der Waals surface area contributed by atoms with Gasteiger partial charge in [-0.25, -0.2) is 4.98 Å². The maximum Gasteiger partial charge on any atom is 0.270 e. The van der Waals surface area contributed by atoms with Crippen molar-refractivity contribution in [3.63, 3.8) is 0 Å². The number of rotatable bonds is 3. The summed E-state index contributed by atoms with van der Waals surface area (Å²) in [5.74, 6) is -1.21. The minimum absolute atomic E-state index is 0.000694. The lowest BCUT2D eigenvalue weighted by molar-refractivity contribution is 0.0691. The summed E-state index contributed by atoms with van der Waals surface area (Å²) in [5.41, 5.74) is -0.998. The molecule has 15 heavy (non-hydrogen) atoms. The van der Waals surface area contributed by atoms with E-state index in [4.69, 9.17) is 0 Å². The van der Waals surface area contributed by atoms with Crippen molar-refractivity contribution in [2.24, 2.45) is 0 Å². The summed E-state index contributed by atoms with van der Waals surface area (Å²) < 4.78 is 12.7. The van der Waals surface area contributed by atoms with Gasteiger partial charge in [-0.15, -0.1) is 0 Å². The second-order valence-electron chi connectivity index (χ2n) is 3.84. The van der Waals surface area contributed by atoms with E-state index in [1.54, 1.807) is 13.8 Å². The van der Waals surface area contributed by atoms with E-state index in [1.165, 1.54) is 12.1 Å². The molecule has 1 aromatic heterocycles. The Kier molecular flexibility index (Phi) is 3.36. The summed E-state index contributed by atoms with van der Waals surface area (Å²) in [5, 5.41) is 11.8. The summed E-state index contributed by atoms with van der Waals surface area (Å²) in [7, 11) is 0. The molecule has 5 heteroatoms. The first-order valence-corrected chi connectivity index (χ1v) is 4.52. The van der Waals surface area contributed by atoms with Gasteiger partial charge in [0.1, 0.15) is 5.69 Å². The number of aliphatic hydroxyl groups is 1. The molecular formula is C10H13FN2O2. The van der Waals surface area contributed by atoms with Gasteiger partial charge in [0.2, 0.25) is 5.95 Å². The largest absolute Gasteiger partial charge is 0.389 e. The van der Waals surface area contributed by atoms with Gasteiger partial charge in [0, 0.05) is 6.54 Å². The van der Waals surface area contributed by atoms with Crippen molar-refractivity contribution in [1.82, 2.24) is 10.3 Å². The van der Waals surface area contributed by atoms with Crippen LogP contribution in [0, 0.1) is 5.95 Å². The van der Waals surface area contributed by atoms with Crippen LogP contribution in [-0.4, -0.2) is 28.1 Å². The summed E-state index contributed by atoms with van der Waals surface area (Å²) in [6.07, 6.45) is 0. The van der Waals surface area contributed by atoms with Crippen LogP contribution in [0.25, 0.3) is 0 Å². The highest BCUT2D eigenvalue weighted by Crippen LogP contribution is 2.00. The van der Waals surface area contributed by atoms with Gasteiger partial charge in [0.15, 0.2) is 0 Å². The van der Waals surface area contributed by atoms with E-state index in [0.717, 1.165) is 6.07 Å². The maximum atomic E-state index is 12.7. The van der Waals surface area contributed by atoms with E-state index in [1.807, 2.05) is 0 Å². The highest BCUT2D eigenvalue weighted by Gasteiger charge is 2.15. The number of carbonyl (C=O) groups is 1. The molecule has 82 valence electrons. The Labute approximate surface area is 87.1 Å². The lowest BCUT2D eigenvalue weighted by Gasteiger charge is -2.17. The van der Waals surface area contributed by atoms with Gasteiger partial charge in [-0.3, -0.25) is 4.79 Å². The van der Waals surface area contributed by atoms with Gasteiger partial charge in [0.05, 0.1) is 5.60 Å². The molecule has 0 fully saturated rings. The lowest BCUT2D eigenvalue weighted by atomic mass is 10.1. The molecule has 0 saturated heterocycles. The third-order valence-electron chi connectivity index (χ3n) is 1.63. The van der Waals surface area contributed by atoms with Crippen LogP contribution in [0.2, 0.25) is 0 Å². The molecular weight excluding hydrogens is 199 g/mol. The van der Waals surface area contributed by atoms with Gasteiger partial charge in [-0.2, -0.15) is 4.39 Å². The summed E-state index contributed by atoms with van der Waals surface area (Å²) >= 11 is 0. The van der Waals surface area contributed by atoms with Crippen molar-refractivity contribution in [3.8, 4) is 0 Å². The average Bonchev–Trinajstić information content (AvgIpc) is 2.13. The van der Waals surface area contributed by atoms with E-state index in [2.05, 4.69) is 10.3 Å². The fourth-order valence-electron chi connectivity index (χ4n) is 0.922. The Morgan fingerprint density at radius 2 is 2.27 bits per heavy atom. The zero-order valence-electron chi connectivity index (χ0n) is 8.62. The first-order chi connectivity index (χ1) is 6.88. The van der Waals surface area contributed by atoms with Crippen LogP contribution in [-0.2, 0) is 0 Å². The van der Waals surface area contributed by atoms with Crippen LogP contribution < -0.4 is 5.32 Å². The molecule has 1 amide bonds. The molecule has 0 radical (unpaired) electrons. The molecule has 1 heterocycles. The minimum atomic E-state index is -0.997. The number of aromatic nitrogens is 1. The van der Waals surface area contributed by atoms with E-state index in [9.17, 15) is 14.3 Å². The average molecular weight is 212 g/mol. The Morgan fingerprint density at radius 3 is 2.80 bits per heavy atom. The van der Waals surface area contributed by atoms with Crippen molar-refractivity contribution in [3.05, 3.63) is 29.8 Å². The smallest absolute Gasteiger partial charge is 0.270 e. The first kappa shape index (κ1) is 11.6. The molecule has 0 aliphatic carbocycles. The van der Waals surface area contributed by atoms with Crippen LogP contribution in [0.15, 0.2) is 18.2 Å². The van der Waals surface area contributed by atoms with E-state index in [-0.39, 0.29) is 12.2 Å². The molecule has 4 nitrogen and oxygen atoms in total. The second-order valence-corrected chi connectivity index (χ2v) is 3.84. The van der Waals surface area contributed by atoms with Crippen LogP contribution in [0.3, 0.4) is 0 Å². The quantitative estimate of drug-likeness (QED) is 0.726. The van der Waals surface area contributed by atoms with Crippen molar-refractivity contribution in [2.75, 3.05) is 6.54 Å².